The van der Waals surface area contributed by atoms with E-state index >= 15 is 0 Å². The lowest BCUT2D eigenvalue weighted by Gasteiger charge is -2.42. The van der Waals surface area contributed by atoms with Gasteiger partial charge in [-0.1, -0.05) is 31.4 Å². The Balaban J connectivity index is 1.43. The van der Waals surface area contributed by atoms with Gasteiger partial charge in [0.05, 0.1) is 0 Å². The maximum absolute atomic E-state index is 12.9. The smallest absolute Gasteiger partial charge is 0.255 e. The summed E-state index contributed by atoms with van der Waals surface area (Å²) in [6.07, 6.45) is 9.28. The van der Waals surface area contributed by atoms with Crippen LogP contribution in [0.5, 0.6) is 0 Å². The Morgan fingerprint density at radius 2 is 1.90 bits per heavy atom. The number of hydrogen-bond acceptors (Lipinski definition) is 4. The Hall–Kier alpha value is -2.47. The van der Waals surface area contributed by atoms with Crippen LogP contribution >= 0.6 is 0 Å². The van der Waals surface area contributed by atoms with E-state index in [0.717, 1.165) is 18.7 Å². The predicted molar refractivity (Wildman–Crippen MR) is 109 cm³/mol. The number of imide groups is 1. The summed E-state index contributed by atoms with van der Waals surface area (Å²) < 4.78 is 0. The van der Waals surface area contributed by atoms with Crippen molar-refractivity contribution in [3.63, 3.8) is 0 Å². The van der Waals surface area contributed by atoms with E-state index in [0.29, 0.717) is 18.5 Å². The highest BCUT2D eigenvalue weighted by Gasteiger charge is 2.41. The van der Waals surface area contributed by atoms with Gasteiger partial charge < -0.3 is 10.2 Å². The fourth-order valence-electron chi connectivity index (χ4n) is 5.64. The number of piperidine rings is 1. The van der Waals surface area contributed by atoms with Crippen molar-refractivity contribution in [1.29, 1.82) is 0 Å². The van der Waals surface area contributed by atoms with E-state index in [1.54, 1.807) is 4.90 Å². The van der Waals surface area contributed by atoms with Gasteiger partial charge in [0.15, 0.2) is 0 Å². The second-order valence-corrected chi connectivity index (χ2v) is 8.86. The molecule has 1 spiro atoms. The number of carbonyl (C=O) groups excluding carboxylic acids is 3. The molecule has 0 bridgehead atoms. The van der Waals surface area contributed by atoms with Crippen LogP contribution in [0.25, 0.3) is 5.57 Å². The van der Waals surface area contributed by atoms with Crippen LogP contribution in [0.3, 0.4) is 0 Å². The molecule has 1 aromatic rings. The number of carbonyl (C=O) groups is 3. The van der Waals surface area contributed by atoms with Crippen LogP contribution in [-0.4, -0.2) is 41.8 Å². The number of nitrogens with zero attached hydrogens (tertiary/aromatic N) is 1. The molecular weight excluding hydrogens is 366 g/mol. The van der Waals surface area contributed by atoms with Gasteiger partial charge in [0.25, 0.3) is 5.91 Å². The lowest BCUT2D eigenvalue weighted by Crippen LogP contribution is -2.52. The summed E-state index contributed by atoms with van der Waals surface area (Å²) in [5.74, 6) is -0.717. The topological polar surface area (TPSA) is 78.5 Å². The average molecular weight is 393 g/mol. The fourth-order valence-corrected chi connectivity index (χ4v) is 5.64. The number of nitrogens with one attached hydrogen (secondary N) is 2. The third-order valence-corrected chi connectivity index (χ3v) is 7.13. The Bertz CT molecular complexity index is 914. The monoisotopic (exact) mass is 393 g/mol. The van der Waals surface area contributed by atoms with E-state index in [2.05, 4.69) is 28.8 Å². The minimum Gasteiger partial charge on any atom is -0.322 e. The summed E-state index contributed by atoms with van der Waals surface area (Å²) in [6.45, 7) is 2.35. The van der Waals surface area contributed by atoms with Crippen LogP contribution < -0.4 is 10.6 Å². The highest BCUT2D eigenvalue weighted by molar-refractivity contribution is 6.05. The lowest BCUT2D eigenvalue weighted by atomic mass is 9.66. The van der Waals surface area contributed by atoms with Gasteiger partial charge in [0, 0.05) is 37.0 Å². The first-order chi connectivity index (χ1) is 14.1. The molecule has 3 aliphatic heterocycles. The first kappa shape index (κ1) is 18.6. The first-order valence-corrected chi connectivity index (χ1v) is 10.8. The molecule has 6 nitrogen and oxygen atoms in total. The Labute approximate surface area is 170 Å². The Morgan fingerprint density at radius 1 is 1.07 bits per heavy atom. The molecule has 0 radical (unpaired) electrons. The molecule has 29 heavy (non-hydrogen) atoms. The molecule has 1 aliphatic carbocycles. The van der Waals surface area contributed by atoms with E-state index in [9.17, 15) is 14.4 Å². The maximum atomic E-state index is 12.9. The molecule has 0 aromatic heterocycles. The zero-order valence-electron chi connectivity index (χ0n) is 16.6. The van der Waals surface area contributed by atoms with E-state index in [4.69, 9.17) is 0 Å². The van der Waals surface area contributed by atoms with Crippen LogP contribution in [0, 0.1) is 5.41 Å². The standard InChI is InChI=1S/C23H27N3O3/c27-20-7-6-19(21(28)25-20)26-13-16-12-15(4-5-17(16)22(26)29)18-8-11-24-14-23(18)9-2-1-3-10-23/h4-5,8,12,19,24H,1-3,6-7,9-11,13-14H2,(H,25,27,28). The number of rotatable bonds is 2. The minimum atomic E-state index is -0.557. The molecule has 152 valence electrons. The quantitative estimate of drug-likeness (QED) is 0.757. The number of hydrogen-bond donors (Lipinski definition) is 2. The highest BCUT2D eigenvalue weighted by Crippen LogP contribution is 2.48. The predicted octanol–water partition coefficient (Wildman–Crippen LogP) is 2.38. The third-order valence-electron chi connectivity index (χ3n) is 7.13. The minimum absolute atomic E-state index is 0.104. The van der Waals surface area contributed by atoms with Gasteiger partial charge in [0.2, 0.25) is 11.8 Å². The Morgan fingerprint density at radius 3 is 2.69 bits per heavy atom. The molecule has 3 heterocycles. The third kappa shape index (κ3) is 3.10. The molecule has 6 heteroatoms. The van der Waals surface area contributed by atoms with E-state index in [1.807, 2.05) is 6.07 Å². The summed E-state index contributed by atoms with van der Waals surface area (Å²) in [6, 6.07) is 5.61. The van der Waals surface area contributed by atoms with E-state index < -0.39 is 6.04 Å². The summed E-state index contributed by atoms with van der Waals surface area (Å²) in [4.78, 5) is 38.3. The van der Waals surface area contributed by atoms with Crippen LogP contribution in [0.15, 0.2) is 24.3 Å². The van der Waals surface area contributed by atoms with Crippen LogP contribution in [-0.2, 0) is 16.1 Å². The molecule has 1 saturated carbocycles. The summed E-state index contributed by atoms with van der Waals surface area (Å²) in [5, 5.41) is 5.92. The van der Waals surface area contributed by atoms with Gasteiger partial charge in [-0.2, -0.15) is 0 Å². The summed E-state index contributed by atoms with van der Waals surface area (Å²) >= 11 is 0. The molecule has 1 saturated heterocycles. The molecule has 4 aliphatic rings. The zero-order valence-corrected chi connectivity index (χ0v) is 16.6. The highest BCUT2D eigenvalue weighted by atomic mass is 16.2. The molecule has 1 unspecified atom stereocenters. The van der Waals surface area contributed by atoms with Crippen molar-refractivity contribution >= 4 is 23.3 Å². The summed E-state index contributed by atoms with van der Waals surface area (Å²) in [7, 11) is 0. The normalized spacial score (nSPS) is 26.3. The molecular formula is C23H27N3O3. The molecule has 1 aromatic carbocycles. The Kier molecular flexibility index (Phi) is 4.54. The van der Waals surface area contributed by atoms with E-state index in [-0.39, 0.29) is 29.6 Å². The molecule has 5 rings (SSSR count). The average Bonchev–Trinajstić information content (AvgIpc) is 3.05. The van der Waals surface area contributed by atoms with E-state index in [1.165, 1.54) is 43.2 Å². The first-order valence-electron chi connectivity index (χ1n) is 10.8. The number of benzene rings is 1. The van der Waals surface area contributed by atoms with Crippen molar-refractivity contribution in [2.75, 3.05) is 13.1 Å². The largest absolute Gasteiger partial charge is 0.322 e. The summed E-state index contributed by atoms with van der Waals surface area (Å²) in [5.41, 5.74) is 4.51. The lowest BCUT2D eigenvalue weighted by molar-refractivity contribution is -0.136. The van der Waals surface area contributed by atoms with Crippen molar-refractivity contribution in [2.45, 2.75) is 57.5 Å². The van der Waals surface area contributed by atoms with Gasteiger partial charge in [-0.15, -0.1) is 0 Å². The van der Waals surface area contributed by atoms with Gasteiger partial charge in [-0.05, 0) is 48.1 Å². The van der Waals surface area contributed by atoms with Crippen molar-refractivity contribution in [3.05, 3.63) is 41.0 Å². The second-order valence-electron chi connectivity index (χ2n) is 8.86. The van der Waals surface area contributed by atoms with Crippen LogP contribution in [0.4, 0.5) is 0 Å². The van der Waals surface area contributed by atoms with Gasteiger partial charge in [0.1, 0.15) is 6.04 Å². The second kappa shape index (κ2) is 7.10. The number of amides is 3. The van der Waals surface area contributed by atoms with Crippen LogP contribution in [0.1, 0.15) is 66.4 Å². The maximum Gasteiger partial charge on any atom is 0.255 e. The van der Waals surface area contributed by atoms with Crippen molar-refractivity contribution < 1.29 is 14.4 Å². The SMILES string of the molecule is O=C1CCC(N2Cc3cc(C4=CCNCC45CCCCC5)ccc3C2=O)C(=O)N1. The molecule has 3 amide bonds. The van der Waals surface area contributed by atoms with Crippen molar-refractivity contribution in [2.24, 2.45) is 5.41 Å². The molecule has 1 atom stereocenters. The van der Waals surface area contributed by atoms with Crippen LogP contribution in [0.2, 0.25) is 0 Å². The molecule has 2 fully saturated rings. The zero-order chi connectivity index (χ0) is 20.0. The van der Waals surface area contributed by atoms with Crippen molar-refractivity contribution in [3.8, 4) is 0 Å². The van der Waals surface area contributed by atoms with Gasteiger partial charge in [-0.25, -0.2) is 0 Å². The van der Waals surface area contributed by atoms with Gasteiger partial charge in [-0.3, -0.25) is 19.7 Å². The number of fused-ring (bicyclic) bond motifs is 1. The van der Waals surface area contributed by atoms with Crippen molar-refractivity contribution in [1.82, 2.24) is 15.5 Å². The van der Waals surface area contributed by atoms with Gasteiger partial charge >= 0.3 is 0 Å². The fraction of sp³-hybridized carbons (Fsp3) is 0.522. The molecule has 2 N–H and O–H groups in total.